The van der Waals surface area contributed by atoms with Gasteiger partial charge in [-0.25, -0.2) is 4.79 Å². The van der Waals surface area contributed by atoms with Gasteiger partial charge in [-0.05, 0) is 58.4 Å². The fourth-order valence-electron chi connectivity index (χ4n) is 4.36. The van der Waals surface area contributed by atoms with Gasteiger partial charge in [-0.15, -0.1) is 0 Å². The van der Waals surface area contributed by atoms with Gasteiger partial charge in [-0.1, -0.05) is 47.1 Å². The Morgan fingerprint density at radius 3 is 2.30 bits per heavy atom. The lowest BCUT2D eigenvalue weighted by Gasteiger charge is -2.41. The van der Waals surface area contributed by atoms with E-state index in [2.05, 4.69) is 24.1 Å². The van der Waals surface area contributed by atoms with Gasteiger partial charge in [0.1, 0.15) is 6.04 Å². The van der Waals surface area contributed by atoms with E-state index >= 15 is 0 Å². The number of amides is 2. The molecule has 4 atom stereocenters. The van der Waals surface area contributed by atoms with Gasteiger partial charge in [0.15, 0.2) is 0 Å². The highest BCUT2D eigenvalue weighted by Gasteiger charge is 2.39. The van der Waals surface area contributed by atoms with Crippen molar-refractivity contribution < 1.29 is 19.1 Å². The van der Waals surface area contributed by atoms with Crippen LogP contribution in [0.4, 0.5) is 0 Å². The number of hydrogen-bond acceptors (Lipinski definition) is 5. The smallest absolute Gasteiger partial charge is 0.333 e. The molecule has 7 nitrogen and oxygen atoms in total. The predicted molar refractivity (Wildman–Crippen MR) is 133 cm³/mol. The number of esters is 1. The number of rotatable bonds is 10. The topological polar surface area (TPSA) is 79.0 Å². The molecule has 0 radical (unpaired) electrons. The van der Waals surface area contributed by atoms with Crippen LogP contribution in [0, 0.1) is 5.41 Å². The molecule has 0 aliphatic carbocycles. The lowest BCUT2D eigenvalue weighted by Crippen LogP contribution is -2.60. The number of likely N-dealkylation sites (tertiary alicyclic amines) is 1. The minimum atomic E-state index is -0.666. The van der Waals surface area contributed by atoms with Crippen LogP contribution in [0.15, 0.2) is 11.6 Å². The van der Waals surface area contributed by atoms with E-state index in [0.29, 0.717) is 24.6 Å². The number of nitrogens with one attached hydrogen (secondary N) is 1. The van der Waals surface area contributed by atoms with Gasteiger partial charge in [0.25, 0.3) is 0 Å². The molecule has 1 fully saturated rings. The summed E-state index contributed by atoms with van der Waals surface area (Å²) in [5.41, 5.74) is 0.0146. The maximum atomic E-state index is 13.6. The first-order valence-electron chi connectivity index (χ1n) is 12.6. The lowest BCUT2D eigenvalue weighted by atomic mass is 9.85. The standard InChI is InChI=1S/C26H47N3O4/c1-10-19(5)29-16-14-13-15-21(29)23(30)27-22(26(6,7)8)24(31)28(9)20(11-2)17-18(4)25(32)33-12-3/h17,19-22H,10-16H2,1-9H3,(H,27,30)/b18-17+/t19?,20-,21?,22?/m0/s1. The summed E-state index contributed by atoms with van der Waals surface area (Å²) in [4.78, 5) is 43.0. The van der Waals surface area contributed by atoms with Crippen LogP contribution >= 0.6 is 0 Å². The summed E-state index contributed by atoms with van der Waals surface area (Å²) >= 11 is 0. The zero-order chi connectivity index (χ0) is 25.3. The number of ether oxygens (including phenoxy) is 1. The van der Waals surface area contributed by atoms with E-state index in [4.69, 9.17) is 4.74 Å². The van der Waals surface area contributed by atoms with E-state index in [1.807, 2.05) is 27.7 Å². The summed E-state index contributed by atoms with van der Waals surface area (Å²) in [6.45, 7) is 16.9. The summed E-state index contributed by atoms with van der Waals surface area (Å²) in [5, 5.41) is 3.11. The molecular weight excluding hydrogens is 418 g/mol. The number of likely N-dealkylation sites (N-methyl/N-ethyl adjacent to an activating group) is 1. The van der Waals surface area contributed by atoms with E-state index in [-0.39, 0.29) is 29.9 Å². The van der Waals surface area contributed by atoms with Gasteiger partial charge in [-0.3, -0.25) is 14.5 Å². The molecular formula is C26H47N3O4. The summed E-state index contributed by atoms with van der Waals surface area (Å²) in [6, 6.07) is -0.812. The van der Waals surface area contributed by atoms with Crippen LogP contribution in [0.1, 0.15) is 87.5 Å². The van der Waals surface area contributed by atoms with Gasteiger partial charge in [0.2, 0.25) is 11.8 Å². The molecule has 1 N–H and O–H groups in total. The monoisotopic (exact) mass is 465 g/mol. The van der Waals surface area contributed by atoms with Crippen LogP contribution in [0.3, 0.4) is 0 Å². The van der Waals surface area contributed by atoms with Crippen LogP contribution in [0.2, 0.25) is 0 Å². The molecule has 0 spiro atoms. The Kier molecular flexibility index (Phi) is 11.6. The van der Waals surface area contributed by atoms with Crippen molar-refractivity contribution in [1.29, 1.82) is 0 Å². The second kappa shape index (κ2) is 13.1. The average Bonchev–Trinajstić information content (AvgIpc) is 2.78. The fourth-order valence-corrected chi connectivity index (χ4v) is 4.36. The number of hydrogen-bond donors (Lipinski definition) is 1. The maximum Gasteiger partial charge on any atom is 0.333 e. The van der Waals surface area contributed by atoms with E-state index in [9.17, 15) is 14.4 Å². The van der Waals surface area contributed by atoms with Crippen LogP contribution in [0.25, 0.3) is 0 Å². The SMILES string of the molecule is CCOC(=O)/C(C)=C/[C@H](CC)N(C)C(=O)C(NC(=O)C1CCCCN1C(C)CC)C(C)(C)C. The average molecular weight is 466 g/mol. The van der Waals surface area contributed by atoms with Crippen molar-refractivity contribution >= 4 is 17.8 Å². The molecule has 2 amide bonds. The minimum absolute atomic E-state index is 0.0667. The fraction of sp³-hybridized carbons (Fsp3) is 0.808. The zero-order valence-corrected chi connectivity index (χ0v) is 22.4. The van der Waals surface area contributed by atoms with Gasteiger partial charge in [-0.2, -0.15) is 0 Å². The van der Waals surface area contributed by atoms with E-state index < -0.39 is 11.5 Å². The highest BCUT2D eigenvalue weighted by atomic mass is 16.5. The molecule has 0 aromatic carbocycles. The summed E-state index contributed by atoms with van der Waals surface area (Å²) in [5.74, 6) is -0.593. The second-order valence-electron chi connectivity index (χ2n) is 10.3. The van der Waals surface area contributed by atoms with Gasteiger partial charge >= 0.3 is 5.97 Å². The van der Waals surface area contributed by atoms with Crippen LogP contribution in [0.5, 0.6) is 0 Å². The van der Waals surface area contributed by atoms with Crippen molar-refractivity contribution in [2.75, 3.05) is 20.2 Å². The molecule has 0 aromatic heterocycles. The Balaban J connectivity index is 3.09. The number of carbonyl (C=O) groups is 3. The van der Waals surface area contributed by atoms with Gasteiger partial charge in [0, 0.05) is 18.7 Å². The molecule has 3 unspecified atom stereocenters. The largest absolute Gasteiger partial charge is 0.463 e. The Labute approximate surface area is 201 Å². The van der Waals surface area contributed by atoms with E-state index in [0.717, 1.165) is 32.2 Å². The Morgan fingerprint density at radius 1 is 1.15 bits per heavy atom. The van der Waals surface area contributed by atoms with Crippen LogP contribution in [-0.2, 0) is 19.1 Å². The second-order valence-corrected chi connectivity index (χ2v) is 10.3. The highest BCUT2D eigenvalue weighted by Crippen LogP contribution is 2.25. The van der Waals surface area contributed by atoms with Crippen molar-refractivity contribution in [2.24, 2.45) is 5.41 Å². The molecule has 7 heteroatoms. The first-order chi connectivity index (χ1) is 15.4. The normalized spacial score (nSPS) is 20.5. The van der Waals surface area contributed by atoms with Crippen molar-refractivity contribution in [3.8, 4) is 0 Å². The number of piperidine rings is 1. The zero-order valence-electron chi connectivity index (χ0n) is 22.4. The minimum Gasteiger partial charge on any atom is -0.463 e. The Morgan fingerprint density at radius 2 is 1.79 bits per heavy atom. The third-order valence-electron chi connectivity index (χ3n) is 6.71. The molecule has 1 saturated heterocycles. The molecule has 33 heavy (non-hydrogen) atoms. The third kappa shape index (κ3) is 8.13. The summed E-state index contributed by atoms with van der Waals surface area (Å²) < 4.78 is 5.08. The highest BCUT2D eigenvalue weighted by molar-refractivity contribution is 5.91. The van der Waals surface area contributed by atoms with Crippen molar-refractivity contribution in [3.63, 3.8) is 0 Å². The van der Waals surface area contributed by atoms with Crippen molar-refractivity contribution in [3.05, 3.63) is 11.6 Å². The molecule has 190 valence electrons. The Hall–Kier alpha value is -1.89. The third-order valence-corrected chi connectivity index (χ3v) is 6.71. The first kappa shape index (κ1) is 29.1. The number of nitrogens with zero attached hydrogens (tertiary/aromatic N) is 2. The first-order valence-corrected chi connectivity index (χ1v) is 12.6. The van der Waals surface area contributed by atoms with Gasteiger partial charge in [0.05, 0.1) is 18.7 Å². The molecule has 1 heterocycles. The van der Waals surface area contributed by atoms with Crippen LogP contribution in [-0.4, -0.2) is 72.0 Å². The number of carbonyl (C=O) groups excluding carboxylic acids is 3. The molecule has 0 saturated carbocycles. The van der Waals surface area contributed by atoms with Gasteiger partial charge < -0.3 is 15.0 Å². The Bertz CT molecular complexity index is 698. The predicted octanol–water partition coefficient (Wildman–Crippen LogP) is 3.92. The van der Waals surface area contributed by atoms with Crippen LogP contribution < -0.4 is 5.32 Å². The molecule has 0 bridgehead atoms. The summed E-state index contributed by atoms with van der Waals surface area (Å²) in [7, 11) is 1.74. The molecule has 1 rings (SSSR count). The van der Waals surface area contributed by atoms with E-state index in [1.165, 1.54) is 0 Å². The van der Waals surface area contributed by atoms with Crippen molar-refractivity contribution in [1.82, 2.24) is 15.1 Å². The molecule has 0 aromatic rings. The quantitative estimate of drug-likeness (QED) is 0.391. The molecule has 1 aliphatic rings. The lowest BCUT2D eigenvalue weighted by molar-refractivity contribution is -0.141. The summed E-state index contributed by atoms with van der Waals surface area (Å²) in [6.07, 6.45) is 6.35. The van der Waals surface area contributed by atoms with E-state index in [1.54, 1.807) is 31.9 Å². The molecule has 1 aliphatic heterocycles. The van der Waals surface area contributed by atoms with Crippen molar-refractivity contribution in [2.45, 2.75) is 112 Å². The maximum absolute atomic E-state index is 13.6.